The average molecular weight is 563 g/mol. The number of carbonyl (C=O) groups excluding carboxylic acids is 3. The maximum absolute atomic E-state index is 14.3. The van der Waals surface area contributed by atoms with Crippen molar-refractivity contribution in [1.82, 2.24) is 15.1 Å². The van der Waals surface area contributed by atoms with Gasteiger partial charge in [0, 0.05) is 30.9 Å². The molecular weight excluding hydrogens is 516 g/mol. The van der Waals surface area contributed by atoms with Crippen LogP contribution in [0.5, 0.6) is 0 Å². The molecule has 222 valence electrons. The molecule has 1 saturated carbocycles. The summed E-state index contributed by atoms with van der Waals surface area (Å²) >= 11 is 0. The molecule has 4 aliphatic heterocycles. The molecule has 3 amide bonds. The second-order valence-corrected chi connectivity index (χ2v) is 13.2. The van der Waals surface area contributed by atoms with E-state index >= 15 is 0 Å². The summed E-state index contributed by atoms with van der Waals surface area (Å²) < 4.78 is 6.53. The number of fused-ring (bicyclic) bond motifs is 1. The van der Waals surface area contributed by atoms with Gasteiger partial charge in [-0.1, -0.05) is 63.8 Å². The van der Waals surface area contributed by atoms with Crippen molar-refractivity contribution in [2.75, 3.05) is 25.0 Å². The van der Waals surface area contributed by atoms with E-state index in [1.54, 1.807) is 4.90 Å². The molecule has 2 N–H and O–H groups in total. The molecule has 1 aromatic carbocycles. The minimum Gasteiger partial charge on any atom is -0.359 e. The molecule has 1 aliphatic carbocycles. The molecule has 41 heavy (non-hydrogen) atoms. The summed E-state index contributed by atoms with van der Waals surface area (Å²) in [5.41, 5.74) is 0.787. The van der Waals surface area contributed by atoms with E-state index in [4.69, 9.17) is 4.74 Å². The molecule has 1 aromatic rings. The number of nitrogens with zero attached hydrogens (tertiary/aromatic N) is 2. The summed E-state index contributed by atoms with van der Waals surface area (Å²) in [6.07, 6.45) is 12.2. The number of hydrogen-bond donors (Lipinski definition) is 2. The first kappa shape index (κ1) is 28.4. The molecule has 4 unspecified atom stereocenters. The van der Waals surface area contributed by atoms with Crippen molar-refractivity contribution in [2.24, 2.45) is 11.8 Å². The molecule has 4 fully saturated rings. The van der Waals surface area contributed by atoms with E-state index in [0.717, 1.165) is 51.6 Å². The van der Waals surface area contributed by atoms with Gasteiger partial charge in [-0.05, 0) is 62.8 Å². The van der Waals surface area contributed by atoms with Crippen LogP contribution >= 0.6 is 0 Å². The van der Waals surface area contributed by atoms with Gasteiger partial charge in [-0.25, -0.2) is 0 Å². The largest absolute Gasteiger partial charge is 0.359 e. The van der Waals surface area contributed by atoms with Gasteiger partial charge in [0.05, 0.1) is 17.9 Å². The highest BCUT2D eigenvalue weighted by Gasteiger charge is 2.72. The molecule has 2 bridgehead atoms. The lowest BCUT2D eigenvalue weighted by Gasteiger charge is -2.37. The fraction of sp³-hybridized carbons (Fsp3) is 0.667. The van der Waals surface area contributed by atoms with Gasteiger partial charge in [0.2, 0.25) is 17.7 Å². The molecule has 4 heterocycles. The third-order valence-corrected chi connectivity index (χ3v) is 10.3. The average Bonchev–Trinajstić information content (AvgIpc) is 3.60. The predicted octanol–water partition coefficient (Wildman–Crippen LogP) is 4.22. The number of amides is 3. The van der Waals surface area contributed by atoms with Crippen LogP contribution in [-0.2, 0) is 19.1 Å². The lowest BCUT2D eigenvalue weighted by Crippen LogP contribution is -2.57. The van der Waals surface area contributed by atoms with Crippen LogP contribution < -0.4 is 10.6 Å². The number of rotatable bonds is 8. The summed E-state index contributed by atoms with van der Waals surface area (Å²) in [6.45, 7) is 8.70. The number of carbonyl (C=O) groups is 3. The van der Waals surface area contributed by atoms with Crippen molar-refractivity contribution in [3.8, 4) is 0 Å². The quantitative estimate of drug-likeness (QED) is 0.463. The van der Waals surface area contributed by atoms with Gasteiger partial charge >= 0.3 is 0 Å². The van der Waals surface area contributed by atoms with Crippen LogP contribution in [0.15, 0.2) is 36.4 Å². The van der Waals surface area contributed by atoms with Crippen LogP contribution in [0.25, 0.3) is 0 Å². The molecule has 3 saturated heterocycles. The van der Waals surface area contributed by atoms with Crippen molar-refractivity contribution in [3.63, 3.8) is 0 Å². The highest BCUT2D eigenvalue weighted by atomic mass is 16.5. The van der Waals surface area contributed by atoms with Gasteiger partial charge in [-0.2, -0.15) is 0 Å². The molecular formula is C33H46N4O4. The Bertz CT molecular complexity index is 1180. The first-order chi connectivity index (χ1) is 19.8. The van der Waals surface area contributed by atoms with E-state index in [1.807, 2.05) is 36.4 Å². The number of piperidine rings is 1. The number of anilines is 1. The minimum absolute atomic E-state index is 0.126. The Kier molecular flexibility index (Phi) is 7.98. The Labute approximate surface area is 244 Å². The molecule has 6 rings (SSSR count). The third kappa shape index (κ3) is 5.22. The predicted molar refractivity (Wildman–Crippen MR) is 158 cm³/mol. The Hall–Kier alpha value is -2.71. The van der Waals surface area contributed by atoms with Gasteiger partial charge in [-0.3, -0.25) is 19.3 Å². The first-order valence-corrected chi connectivity index (χ1v) is 15.9. The lowest BCUT2D eigenvalue weighted by atomic mass is 9.74. The Morgan fingerprint density at radius 2 is 1.73 bits per heavy atom. The standard InChI is InChI=1S/C33H46N4O4/c1-21(2)23-12-14-25(15-13-23)34-30(38)27-26-16-17-33(41-26)28(27)32(40)37(20-19-36-18-8-7-9-22(36)3)29(33)31(39)35-24-10-5-4-6-11-24/h12-17,21-22,24,26-29H,4-11,18-20H2,1-3H3,(H,34,38)(H,35,39)/t22?,26-,27?,28-,29?,33?/m1/s1. The zero-order chi connectivity index (χ0) is 28.7. The first-order valence-electron chi connectivity index (χ1n) is 15.9. The molecule has 0 radical (unpaired) electrons. The summed E-state index contributed by atoms with van der Waals surface area (Å²) in [4.78, 5) is 46.2. The topological polar surface area (TPSA) is 91.0 Å². The summed E-state index contributed by atoms with van der Waals surface area (Å²) in [6, 6.07) is 7.68. The van der Waals surface area contributed by atoms with Crippen LogP contribution in [0.4, 0.5) is 5.69 Å². The van der Waals surface area contributed by atoms with E-state index in [-0.39, 0.29) is 23.8 Å². The van der Waals surface area contributed by atoms with Gasteiger partial charge in [-0.15, -0.1) is 0 Å². The maximum atomic E-state index is 14.3. The highest BCUT2D eigenvalue weighted by molar-refractivity contribution is 6.02. The van der Waals surface area contributed by atoms with Crippen molar-refractivity contribution < 1.29 is 19.1 Å². The van der Waals surface area contributed by atoms with Crippen LogP contribution in [0.3, 0.4) is 0 Å². The summed E-state index contributed by atoms with van der Waals surface area (Å²) in [7, 11) is 0. The van der Waals surface area contributed by atoms with Crippen LogP contribution in [-0.4, -0.2) is 77.0 Å². The Morgan fingerprint density at radius 1 is 1.00 bits per heavy atom. The number of benzene rings is 1. The zero-order valence-electron chi connectivity index (χ0n) is 24.8. The lowest BCUT2D eigenvalue weighted by molar-refractivity contribution is -0.141. The monoisotopic (exact) mass is 562 g/mol. The van der Waals surface area contributed by atoms with Crippen molar-refractivity contribution >= 4 is 23.4 Å². The van der Waals surface area contributed by atoms with Crippen LogP contribution in [0.2, 0.25) is 0 Å². The van der Waals surface area contributed by atoms with E-state index in [2.05, 4.69) is 36.3 Å². The van der Waals surface area contributed by atoms with E-state index in [9.17, 15) is 14.4 Å². The third-order valence-electron chi connectivity index (χ3n) is 10.3. The number of hydrogen-bond acceptors (Lipinski definition) is 5. The molecule has 0 aromatic heterocycles. The van der Waals surface area contributed by atoms with Crippen molar-refractivity contribution in [1.29, 1.82) is 0 Å². The van der Waals surface area contributed by atoms with Gasteiger partial charge in [0.15, 0.2) is 0 Å². The summed E-state index contributed by atoms with van der Waals surface area (Å²) in [5.74, 6) is -1.50. The Balaban J connectivity index is 1.25. The van der Waals surface area contributed by atoms with Crippen LogP contribution in [0.1, 0.15) is 83.6 Å². The fourth-order valence-electron chi connectivity index (χ4n) is 7.94. The van der Waals surface area contributed by atoms with Crippen molar-refractivity contribution in [2.45, 2.75) is 108 Å². The number of likely N-dealkylation sites (tertiary alicyclic amines) is 2. The molecule has 1 spiro atoms. The van der Waals surface area contributed by atoms with Crippen molar-refractivity contribution in [3.05, 3.63) is 42.0 Å². The SMILES string of the molecule is CC(C)c1ccc(NC(=O)C2[C@H]3C=CC4(O3)C(C(=O)NC3CCCCC3)N(CCN3CCCCC3C)C(=O)[C@@H]24)cc1. The van der Waals surface area contributed by atoms with Gasteiger partial charge in [0.25, 0.3) is 0 Å². The zero-order valence-corrected chi connectivity index (χ0v) is 24.8. The maximum Gasteiger partial charge on any atom is 0.246 e. The highest BCUT2D eigenvalue weighted by Crippen LogP contribution is 2.55. The molecule has 5 aliphatic rings. The Morgan fingerprint density at radius 3 is 2.44 bits per heavy atom. The van der Waals surface area contributed by atoms with Gasteiger partial charge < -0.3 is 20.3 Å². The molecule has 8 heteroatoms. The molecule has 8 nitrogen and oxygen atoms in total. The second kappa shape index (κ2) is 11.5. The van der Waals surface area contributed by atoms with Crippen LogP contribution in [0, 0.1) is 11.8 Å². The van der Waals surface area contributed by atoms with E-state index in [0.29, 0.717) is 24.2 Å². The number of ether oxygens (including phenoxy) is 1. The smallest absolute Gasteiger partial charge is 0.246 e. The normalized spacial score (nSPS) is 33.4. The number of nitrogens with one attached hydrogen (secondary N) is 2. The van der Waals surface area contributed by atoms with E-state index in [1.165, 1.54) is 18.4 Å². The fourth-order valence-corrected chi connectivity index (χ4v) is 7.94. The van der Waals surface area contributed by atoms with Gasteiger partial charge in [0.1, 0.15) is 11.6 Å². The summed E-state index contributed by atoms with van der Waals surface area (Å²) in [5, 5.41) is 6.33. The second-order valence-electron chi connectivity index (χ2n) is 13.2. The van der Waals surface area contributed by atoms with E-state index < -0.39 is 29.6 Å². The minimum atomic E-state index is -1.11. The molecule has 6 atom stereocenters.